The van der Waals surface area contributed by atoms with Crippen LogP contribution in [0.15, 0.2) is 36.4 Å². The van der Waals surface area contributed by atoms with E-state index in [-0.39, 0.29) is 0 Å². The van der Waals surface area contributed by atoms with E-state index in [4.69, 9.17) is 21.1 Å². The van der Waals surface area contributed by atoms with E-state index in [1.807, 2.05) is 24.3 Å². The van der Waals surface area contributed by atoms with Crippen LogP contribution in [0, 0.1) is 0 Å². The molecule has 0 N–H and O–H groups in total. The molecule has 0 fully saturated rings. The van der Waals surface area contributed by atoms with Crippen molar-refractivity contribution in [2.24, 2.45) is 0 Å². The molecule has 0 aliphatic rings. The Morgan fingerprint density at radius 2 is 2.27 bits per heavy atom. The number of halogens is 1. The molecule has 2 nitrogen and oxygen atoms in total. The third-order valence-corrected chi connectivity index (χ3v) is 2.22. The van der Waals surface area contributed by atoms with Gasteiger partial charge in [-0.25, -0.2) is 0 Å². The molecule has 0 unspecified atom stereocenters. The highest BCUT2D eigenvalue weighted by molar-refractivity contribution is 6.19. The van der Waals surface area contributed by atoms with Gasteiger partial charge in [0.2, 0.25) is 0 Å². The summed E-state index contributed by atoms with van der Waals surface area (Å²) in [5, 5.41) is 0. The SMILES string of the molecule is C=C(CCl)COc1cccc(COC)c1. The Bertz CT molecular complexity index is 323. The number of benzene rings is 1. The molecule has 0 atom stereocenters. The Kier molecular flexibility index (Phi) is 5.22. The second-order valence-electron chi connectivity index (χ2n) is 3.25. The molecule has 0 heterocycles. The van der Waals surface area contributed by atoms with Crippen LogP contribution in [0.4, 0.5) is 0 Å². The van der Waals surface area contributed by atoms with Crippen molar-refractivity contribution < 1.29 is 9.47 Å². The standard InChI is InChI=1S/C12H15ClO2/c1-10(7-13)8-15-12-5-3-4-11(6-12)9-14-2/h3-6H,1,7-9H2,2H3. The summed E-state index contributed by atoms with van der Waals surface area (Å²) < 4.78 is 10.5. The average molecular weight is 227 g/mol. The van der Waals surface area contributed by atoms with Gasteiger partial charge in [-0.3, -0.25) is 0 Å². The van der Waals surface area contributed by atoms with Gasteiger partial charge < -0.3 is 9.47 Å². The second-order valence-corrected chi connectivity index (χ2v) is 3.52. The van der Waals surface area contributed by atoms with Gasteiger partial charge in [-0.2, -0.15) is 0 Å². The fraction of sp³-hybridized carbons (Fsp3) is 0.333. The van der Waals surface area contributed by atoms with Crippen molar-refractivity contribution in [2.75, 3.05) is 19.6 Å². The van der Waals surface area contributed by atoms with Crippen LogP contribution in [0.5, 0.6) is 5.75 Å². The Morgan fingerprint density at radius 3 is 2.93 bits per heavy atom. The lowest BCUT2D eigenvalue weighted by Gasteiger charge is -2.08. The number of rotatable bonds is 6. The number of ether oxygens (including phenoxy) is 2. The van der Waals surface area contributed by atoms with Crippen molar-refractivity contribution in [1.29, 1.82) is 0 Å². The molecule has 1 rings (SSSR count). The van der Waals surface area contributed by atoms with Gasteiger partial charge in [0.1, 0.15) is 12.4 Å². The van der Waals surface area contributed by atoms with Gasteiger partial charge in [-0.05, 0) is 23.3 Å². The Hall–Kier alpha value is -0.990. The zero-order valence-electron chi connectivity index (χ0n) is 8.83. The molecule has 3 heteroatoms. The second kappa shape index (κ2) is 6.49. The van der Waals surface area contributed by atoms with E-state index in [1.165, 1.54) is 0 Å². The molecule has 1 aromatic carbocycles. The quantitative estimate of drug-likeness (QED) is 0.549. The number of hydrogen-bond donors (Lipinski definition) is 0. The van der Waals surface area contributed by atoms with E-state index in [1.54, 1.807) is 7.11 Å². The van der Waals surface area contributed by atoms with Crippen LogP contribution in [0.2, 0.25) is 0 Å². The molecule has 1 aromatic rings. The maximum atomic E-state index is 5.60. The van der Waals surface area contributed by atoms with E-state index >= 15 is 0 Å². The summed E-state index contributed by atoms with van der Waals surface area (Å²) in [5.74, 6) is 1.24. The first-order valence-corrected chi connectivity index (χ1v) is 5.23. The molecule has 0 saturated carbocycles. The molecule has 0 bridgehead atoms. The minimum atomic E-state index is 0.428. The fourth-order valence-electron chi connectivity index (χ4n) is 1.12. The highest BCUT2D eigenvalue weighted by atomic mass is 35.5. The summed E-state index contributed by atoms with van der Waals surface area (Å²) in [6.07, 6.45) is 0. The largest absolute Gasteiger partial charge is 0.489 e. The molecule has 0 saturated heterocycles. The maximum Gasteiger partial charge on any atom is 0.120 e. The molecule has 0 aliphatic carbocycles. The van der Waals surface area contributed by atoms with Crippen molar-refractivity contribution in [3.05, 3.63) is 42.0 Å². The van der Waals surface area contributed by atoms with E-state index < -0.39 is 0 Å². The smallest absolute Gasteiger partial charge is 0.120 e. The van der Waals surface area contributed by atoms with Crippen LogP contribution < -0.4 is 4.74 Å². The van der Waals surface area contributed by atoms with E-state index in [0.717, 1.165) is 16.9 Å². The summed E-state index contributed by atoms with van der Waals surface area (Å²) in [6, 6.07) is 7.78. The van der Waals surface area contributed by atoms with E-state index in [9.17, 15) is 0 Å². The summed E-state index contributed by atoms with van der Waals surface area (Å²) in [6.45, 7) is 4.81. The Labute approximate surface area is 95.5 Å². The lowest BCUT2D eigenvalue weighted by Crippen LogP contribution is -2.01. The van der Waals surface area contributed by atoms with Gasteiger partial charge in [0.25, 0.3) is 0 Å². The first-order chi connectivity index (χ1) is 7.26. The summed E-state index contributed by atoms with van der Waals surface area (Å²) in [7, 11) is 1.67. The zero-order chi connectivity index (χ0) is 11.1. The van der Waals surface area contributed by atoms with Gasteiger partial charge in [-0.15, -0.1) is 11.6 Å². The summed E-state index contributed by atoms with van der Waals surface area (Å²) in [5.41, 5.74) is 1.96. The van der Waals surface area contributed by atoms with Gasteiger partial charge >= 0.3 is 0 Å². The predicted molar refractivity (Wildman–Crippen MR) is 62.5 cm³/mol. The van der Waals surface area contributed by atoms with Crippen LogP contribution in [-0.2, 0) is 11.3 Å². The summed E-state index contributed by atoms with van der Waals surface area (Å²) >= 11 is 5.60. The molecule has 0 aliphatic heterocycles. The third kappa shape index (κ3) is 4.36. The van der Waals surface area contributed by atoms with Crippen LogP contribution in [-0.4, -0.2) is 19.6 Å². The van der Waals surface area contributed by atoms with Crippen LogP contribution in [0.1, 0.15) is 5.56 Å². The Morgan fingerprint density at radius 1 is 1.47 bits per heavy atom. The first kappa shape index (κ1) is 12.1. The molecule has 15 heavy (non-hydrogen) atoms. The Balaban J connectivity index is 2.53. The maximum absolute atomic E-state index is 5.60. The molecule has 82 valence electrons. The number of hydrogen-bond acceptors (Lipinski definition) is 2. The molecule has 0 amide bonds. The minimum Gasteiger partial charge on any atom is -0.489 e. The highest BCUT2D eigenvalue weighted by Gasteiger charge is 1.98. The fourth-order valence-corrected chi connectivity index (χ4v) is 1.19. The lowest BCUT2D eigenvalue weighted by atomic mass is 10.2. The van der Waals surface area contributed by atoms with Crippen molar-refractivity contribution >= 4 is 11.6 Å². The molecular weight excluding hydrogens is 212 g/mol. The van der Waals surface area contributed by atoms with E-state index in [0.29, 0.717) is 19.1 Å². The highest BCUT2D eigenvalue weighted by Crippen LogP contribution is 2.14. The minimum absolute atomic E-state index is 0.428. The van der Waals surface area contributed by atoms with Gasteiger partial charge in [-0.1, -0.05) is 18.7 Å². The lowest BCUT2D eigenvalue weighted by molar-refractivity contribution is 0.184. The number of methoxy groups -OCH3 is 1. The van der Waals surface area contributed by atoms with Crippen LogP contribution >= 0.6 is 11.6 Å². The normalized spacial score (nSPS) is 10.0. The van der Waals surface area contributed by atoms with Crippen molar-refractivity contribution in [2.45, 2.75) is 6.61 Å². The van der Waals surface area contributed by atoms with Crippen molar-refractivity contribution in [3.8, 4) is 5.75 Å². The molecule has 0 spiro atoms. The first-order valence-electron chi connectivity index (χ1n) is 4.69. The summed E-state index contributed by atoms with van der Waals surface area (Å²) in [4.78, 5) is 0. The van der Waals surface area contributed by atoms with Crippen molar-refractivity contribution in [1.82, 2.24) is 0 Å². The van der Waals surface area contributed by atoms with Crippen molar-refractivity contribution in [3.63, 3.8) is 0 Å². The molecule has 0 radical (unpaired) electrons. The average Bonchev–Trinajstić information content (AvgIpc) is 2.27. The third-order valence-electron chi connectivity index (χ3n) is 1.84. The van der Waals surface area contributed by atoms with Crippen LogP contribution in [0.3, 0.4) is 0 Å². The monoisotopic (exact) mass is 226 g/mol. The van der Waals surface area contributed by atoms with Crippen LogP contribution in [0.25, 0.3) is 0 Å². The van der Waals surface area contributed by atoms with E-state index in [2.05, 4.69) is 6.58 Å². The van der Waals surface area contributed by atoms with Gasteiger partial charge in [0.15, 0.2) is 0 Å². The number of alkyl halides is 1. The molecular formula is C12H15ClO2. The van der Waals surface area contributed by atoms with Gasteiger partial charge in [0, 0.05) is 13.0 Å². The topological polar surface area (TPSA) is 18.5 Å². The zero-order valence-corrected chi connectivity index (χ0v) is 9.59. The predicted octanol–water partition coefficient (Wildman–Crippen LogP) is 3.01. The molecule has 0 aromatic heterocycles. The van der Waals surface area contributed by atoms with Gasteiger partial charge in [0.05, 0.1) is 6.61 Å².